The Bertz CT molecular complexity index is 194. The number of ketones is 1. The zero-order valence-corrected chi connectivity index (χ0v) is 7.66. The third kappa shape index (κ3) is 1.95. The van der Waals surface area contributed by atoms with Crippen molar-refractivity contribution in [3.05, 3.63) is 12.2 Å². The van der Waals surface area contributed by atoms with Crippen molar-refractivity contribution in [3.8, 4) is 0 Å². The average molecular weight is 168 g/mol. The number of carbonyl (C=O) groups is 1. The van der Waals surface area contributed by atoms with Crippen LogP contribution in [0.3, 0.4) is 0 Å². The van der Waals surface area contributed by atoms with Crippen LogP contribution >= 0.6 is 0 Å². The van der Waals surface area contributed by atoms with Crippen LogP contribution in [-0.4, -0.2) is 17.0 Å². The third-order valence-electron chi connectivity index (χ3n) is 2.39. The molecule has 12 heavy (non-hydrogen) atoms. The summed E-state index contributed by atoms with van der Waals surface area (Å²) in [7, 11) is 0. The van der Waals surface area contributed by atoms with Gasteiger partial charge in [-0.25, -0.2) is 0 Å². The molecule has 2 unspecified atom stereocenters. The number of hydrogen-bond donors (Lipinski definition) is 1. The molecule has 0 spiro atoms. The predicted molar refractivity (Wildman–Crippen MR) is 47.7 cm³/mol. The normalized spacial score (nSPS) is 26.3. The molecule has 2 atom stereocenters. The standard InChI is InChI=1S/C10H16O2/c1-7(2)10(12)8-5-3-4-6-9(8)11/h4,6-8,10,12H,3,5H2,1-2H3. The first-order chi connectivity index (χ1) is 5.63. The number of carbonyl (C=O) groups excluding carboxylic acids is 1. The molecule has 68 valence electrons. The molecule has 0 aliphatic heterocycles. The van der Waals surface area contributed by atoms with E-state index >= 15 is 0 Å². The maximum atomic E-state index is 11.3. The molecule has 0 fully saturated rings. The van der Waals surface area contributed by atoms with Crippen LogP contribution in [-0.2, 0) is 4.79 Å². The van der Waals surface area contributed by atoms with E-state index < -0.39 is 6.10 Å². The molecule has 0 bridgehead atoms. The zero-order valence-electron chi connectivity index (χ0n) is 7.66. The molecule has 1 aliphatic carbocycles. The lowest BCUT2D eigenvalue weighted by atomic mass is 9.83. The van der Waals surface area contributed by atoms with Crippen LogP contribution in [0.5, 0.6) is 0 Å². The summed E-state index contributed by atoms with van der Waals surface area (Å²) in [5.41, 5.74) is 0. The summed E-state index contributed by atoms with van der Waals surface area (Å²) in [6.07, 6.45) is 4.72. The Labute approximate surface area is 73.3 Å². The summed E-state index contributed by atoms with van der Waals surface area (Å²) >= 11 is 0. The van der Waals surface area contributed by atoms with Crippen molar-refractivity contribution >= 4 is 5.78 Å². The van der Waals surface area contributed by atoms with Gasteiger partial charge in [0.1, 0.15) is 0 Å². The SMILES string of the molecule is CC(C)C(O)C1CCC=CC1=O. The molecular weight excluding hydrogens is 152 g/mol. The highest BCUT2D eigenvalue weighted by molar-refractivity contribution is 5.92. The largest absolute Gasteiger partial charge is 0.392 e. The molecule has 1 rings (SSSR count). The lowest BCUT2D eigenvalue weighted by Crippen LogP contribution is -2.32. The molecule has 0 saturated carbocycles. The summed E-state index contributed by atoms with van der Waals surface area (Å²) in [4.78, 5) is 11.3. The number of aliphatic hydroxyl groups excluding tert-OH is 1. The van der Waals surface area contributed by atoms with Crippen molar-refractivity contribution in [1.82, 2.24) is 0 Å². The van der Waals surface area contributed by atoms with E-state index in [0.29, 0.717) is 0 Å². The van der Waals surface area contributed by atoms with Gasteiger partial charge in [0.15, 0.2) is 5.78 Å². The molecule has 0 heterocycles. The molecule has 0 aromatic rings. The Morgan fingerprint density at radius 1 is 1.58 bits per heavy atom. The van der Waals surface area contributed by atoms with Crippen molar-refractivity contribution in [2.45, 2.75) is 32.8 Å². The molecule has 1 N–H and O–H groups in total. The van der Waals surface area contributed by atoms with E-state index in [-0.39, 0.29) is 17.6 Å². The van der Waals surface area contributed by atoms with Gasteiger partial charge in [-0.3, -0.25) is 4.79 Å². The summed E-state index contributed by atoms with van der Waals surface area (Å²) in [5, 5.41) is 9.67. The van der Waals surface area contributed by atoms with E-state index in [9.17, 15) is 9.90 Å². The molecule has 2 heteroatoms. The van der Waals surface area contributed by atoms with Crippen molar-refractivity contribution in [2.75, 3.05) is 0 Å². The van der Waals surface area contributed by atoms with Crippen LogP contribution in [0.15, 0.2) is 12.2 Å². The van der Waals surface area contributed by atoms with Crippen molar-refractivity contribution in [2.24, 2.45) is 11.8 Å². The van der Waals surface area contributed by atoms with Gasteiger partial charge in [0.05, 0.1) is 6.10 Å². The van der Waals surface area contributed by atoms with Gasteiger partial charge < -0.3 is 5.11 Å². The Morgan fingerprint density at radius 2 is 2.25 bits per heavy atom. The quantitative estimate of drug-likeness (QED) is 0.679. The highest BCUT2D eigenvalue weighted by Gasteiger charge is 2.28. The van der Waals surface area contributed by atoms with Crippen LogP contribution in [0.2, 0.25) is 0 Å². The van der Waals surface area contributed by atoms with Crippen LogP contribution < -0.4 is 0 Å². The molecular formula is C10H16O2. The second-order valence-electron chi connectivity index (χ2n) is 3.72. The zero-order chi connectivity index (χ0) is 9.14. The molecule has 0 radical (unpaired) electrons. The second-order valence-corrected chi connectivity index (χ2v) is 3.72. The molecule has 0 aromatic carbocycles. The second kappa shape index (κ2) is 3.85. The van der Waals surface area contributed by atoms with Gasteiger partial charge in [0.2, 0.25) is 0 Å². The van der Waals surface area contributed by atoms with Gasteiger partial charge >= 0.3 is 0 Å². The first kappa shape index (κ1) is 9.46. The fourth-order valence-corrected chi connectivity index (χ4v) is 1.54. The highest BCUT2D eigenvalue weighted by atomic mass is 16.3. The van der Waals surface area contributed by atoms with Crippen LogP contribution in [0.4, 0.5) is 0 Å². The summed E-state index contributed by atoms with van der Waals surface area (Å²) in [5.74, 6) is 0.0999. The van der Waals surface area contributed by atoms with Gasteiger partial charge in [-0.15, -0.1) is 0 Å². The number of hydrogen-bond acceptors (Lipinski definition) is 2. The number of rotatable bonds is 2. The van der Waals surface area contributed by atoms with E-state index in [0.717, 1.165) is 12.8 Å². The van der Waals surface area contributed by atoms with Gasteiger partial charge in [-0.2, -0.15) is 0 Å². The van der Waals surface area contributed by atoms with Gasteiger partial charge in [0.25, 0.3) is 0 Å². The summed E-state index contributed by atoms with van der Waals surface area (Å²) in [6.45, 7) is 3.88. The van der Waals surface area contributed by atoms with Crippen LogP contribution in [0, 0.1) is 11.8 Å². The molecule has 0 amide bonds. The van der Waals surface area contributed by atoms with Crippen molar-refractivity contribution in [1.29, 1.82) is 0 Å². The van der Waals surface area contributed by atoms with E-state index in [2.05, 4.69) is 0 Å². The van der Waals surface area contributed by atoms with E-state index in [1.54, 1.807) is 6.08 Å². The molecule has 0 saturated heterocycles. The maximum absolute atomic E-state index is 11.3. The summed E-state index contributed by atoms with van der Waals surface area (Å²) < 4.78 is 0. The van der Waals surface area contributed by atoms with E-state index in [1.807, 2.05) is 19.9 Å². The van der Waals surface area contributed by atoms with Crippen molar-refractivity contribution < 1.29 is 9.90 Å². The average Bonchev–Trinajstić information content (AvgIpc) is 2.04. The molecule has 2 nitrogen and oxygen atoms in total. The molecule has 1 aliphatic rings. The Balaban J connectivity index is 2.62. The smallest absolute Gasteiger partial charge is 0.161 e. The Morgan fingerprint density at radius 3 is 2.75 bits per heavy atom. The highest BCUT2D eigenvalue weighted by Crippen LogP contribution is 2.22. The lowest BCUT2D eigenvalue weighted by Gasteiger charge is -2.25. The first-order valence-electron chi connectivity index (χ1n) is 4.51. The van der Waals surface area contributed by atoms with Crippen LogP contribution in [0.1, 0.15) is 26.7 Å². The predicted octanol–water partition coefficient (Wildman–Crippen LogP) is 1.54. The Kier molecular flexibility index (Phi) is 3.04. The van der Waals surface area contributed by atoms with Crippen molar-refractivity contribution in [3.63, 3.8) is 0 Å². The fourth-order valence-electron chi connectivity index (χ4n) is 1.54. The monoisotopic (exact) mass is 168 g/mol. The van der Waals surface area contributed by atoms with Crippen LogP contribution in [0.25, 0.3) is 0 Å². The number of allylic oxidation sites excluding steroid dienone is 2. The van der Waals surface area contributed by atoms with E-state index in [4.69, 9.17) is 0 Å². The topological polar surface area (TPSA) is 37.3 Å². The summed E-state index contributed by atoms with van der Waals surface area (Å²) in [6, 6.07) is 0. The maximum Gasteiger partial charge on any atom is 0.161 e. The van der Waals surface area contributed by atoms with E-state index in [1.165, 1.54) is 0 Å². The number of aliphatic hydroxyl groups is 1. The molecule has 0 aromatic heterocycles. The fraction of sp³-hybridized carbons (Fsp3) is 0.700. The minimum Gasteiger partial charge on any atom is -0.392 e. The van der Waals surface area contributed by atoms with Gasteiger partial charge in [-0.05, 0) is 24.8 Å². The van der Waals surface area contributed by atoms with Gasteiger partial charge in [-0.1, -0.05) is 19.9 Å². The Hall–Kier alpha value is -0.630. The third-order valence-corrected chi connectivity index (χ3v) is 2.39. The lowest BCUT2D eigenvalue weighted by molar-refractivity contribution is -0.123. The minimum absolute atomic E-state index is 0.0856. The van der Waals surface area contributed by atoms with Gasteiger partial charge in [0, 0.05) is 5.92 Å². The minimum atomic E-state index is -0.470. The first-order valence-corrected chi connectivity index (χ1v) is 4.51.